The molecule has 8 nitrogen and oxygen atoms in total. The van der Waals surface area contributed by atoms with Crippen molar-refractivity contribution in [2.24, 2.45) is 0 Å². The van der Waals surface area contributed by atoms with Gasteiger partial charge in [0.25, 0.3) is 5.91 Å². The molecule has 4 heterocycles. The molecular weight excluding hydrogens is 425 g/mol. The molecule has 2 atom stereocenters. The highest BCUT2D eigenvalue weighted by Gasteiger charge is 2.45. The number of hydrogen-bond acceptors (Lipinski definition) is 6. The summed E-state index contributed by atoms with van der Waals surface area (Å²) < 4.78 is 0. The van der Waals surface area contributed by atoms with Gasteiger partial charge in [-0.3, -0.25) is 19.8 Å². The minimum atomic E-state index is -0.0559. The molecule has 2 bridgehead atoms. The first kappa shape index (κ1) is 19.3. The molecular formula is C20H19Cl2N7O. The highest BCUT2D eigenvalue weighted by atomic mass is 35.5. The molecule has 1 aromatic carbocycles. The van der Waals surface area contributed by atoms with Crippen LogP contribution in [-0.2, 0) is 6.54 Å². The second-order valence-corrected chi connectivity index (χ2v) is 8.30. The Labute approximate surface area is 183 Å². The van der Waals surface area contributed by atoms with Gasteiger partial charge in [-0.15, -0.1) is 0 Å². The molecule has 2 saturated heterocycles. The largest absolute Gasteiger partial charge is 0.333 e. The third-order valence-electron chi connectivity index (χ3n) is 5.60. The molecule has 2 N–H and O–H groups in total. The molecule has 2 aliphatic heterocycles. The SMILES string of the molecule is O=C(c1cccc(Cl)c1Cl)N1C[C@@H]2C[C@H]1CN2Cc1cncc(Nc2cc[nH]n2)n1. The van der Waals surface area contributed by atoms with Gasteiger partial charge in [-0.2, -0.15) is 5.10 Å². The van der Waals surface area contributed by atoms with Crippen LogP contribution in [0.15, 0.2) is 42.9 Å². The van der Waals surface area contributed by atoms with Crippen LogP contribution >= 0.6 is 23.2 Å². The Balaban J connectivity index is 1.24. The van der Waals surface area contributed by atoms with Crippen LogP contribution in [-0.4, -0.2) is 61.0 Å². The molecule has 10 heteroatoms. The first-order chi connectivity index (χ1) is 14.6. The zero-order valence-electron chi connectivity index (χ0n) is 15.9. The topological polar surface area (TPSA) is 90.0 Å². The summed E-state index contributed by atoms with van der Waals surface area (Å²) in [4.78, 5) is 26.2. The summed E-state index contributed by atoms with van der Waals surface area (Å²) in [5, 5.41) is 10.7. The number of carbonyl (C=O) groups is 1. The van der Waals surface area contributed by atoms with Crippen LogP contribution in [0.2, 0.25) is 10.0 Å². The quantitative estimate of drug-likeness (QED) is 0.628. The van der Waals surface area contributed by atoms with Crippen molar-refractivity contribution in [1.82, 2.24) is 30.0 Å². The minimum absolute atomic E-state index is 0.0559. The second-order valence-electron chi connectivity index (χ2n) is 7.51. The number of piperazine rings is 1. The van der Waals surface area contributed by atoms with Gasteiger partial charge in [-0.25, -0.2) is 4.98 Å². The summed E-state index contributed by atoms with van der Waals surface area (Å²) >= 11 is 12.3. The van der Waals surface area contributed by atoms with E-state index >= 15 is 0 Å². The summed E-state index contributed by atoms with van der Waals surface area (Å²) in [7, 11) is 0. The van der Waals surface area contributed by atoms with E-state index in [1.807, 2.05) is 11.0 Å². The Morgan fingerprint density at radius 2 is 2.07 bits per heavy atom. The third-order valence-corrected chi connectivity index (χ3v) is 6.42. The van der Waals surface area contributed by atoms with Crippen LogP contribution < -0.4 is 5.32 Å². The fourth-order valence-electron chi connectivity index (χ4n) is 4.23. The molecule has 0 spiro atoms. The number of nitrogens with zero attached hydrogens (tertiary/aromatic N) is 5. The van der Waals surface area contributed by atoms with Crippen LogP contribution in [0.1, 0.15) is 22.5 Å². The fraction of sp³-hybridized carbons (Fsp3) is 0.300. The Morgan fingerprint density at radius 1 is 1.17 bits per heavy atom. The van der Waals surface area contributed by atoms with Gasteiger partial charge in [0.1, 0.15) is 5.82 Å². The van der Waals surface area contributed by atoms with Crippen molar-refractivity contribution in [2.75, 3.05) is 18.4 Å². The number of likely N-dealkylation sites (tertiary alicyclic amines) is 2. The molecule has 0 unspecified atom stereocenters. The van der Waals surface area contributed by atoms with E-state index in [9.17, 15) is 4.79 Å². The van der Waals surface area contributed by atoms with Crippen molar-refractivity contribution in [3.05, 3.63) is 64.2 Å². The number of rotatable bonds is 5. The standard InChI is InChI=1S/C20H19Cl2N7O/c21-16-3-1-2-15(19(16)22)20(30)29-11-13-6-14(29)10-28(13)9-12-7-23-8-18(25-12)26-17-4-5-24-27-17/h1-5,7-8,13-14H,6,9-11H2,(H2,24,25,26,27)/t13-,14-/m0/s1. The number of amides is 1. The first-order valence-corrected chi connectivity index (χ1v) is 10.4. The van der Waals surface area contributed by atoms with Crippen LogP contribution in [0.4, 0.5) is 11.6 Å². The van der Waals surface area contributed by atoms with Gasteiger partial charge < -0.3 is 10.2 Å². The lowest BCUT2D eigenvalue weighted by molar-refractivity contribution is 0.0615. The number of aromatic amines is 1. The highest BCUT2D eigenvalue weighted by Crippen LogP contribution is 2.35. The number of nitrogens with one attached hydrogen (secondary N) is 2. The Kier molecular flexibility index (Phi) is 5.06. The summed E-state index contributed by atoms with van der Waals surface area (Å²) in [6.07, 6.45) is 6.13. The van der Waals surface area contributed by atoms with Crippen molar-refractivity contribution in [3.63, 3.8) is 0 Å². The van der Waals surface area contributed by atoms with E-state index in [1.165, 1.54) is 0 Å². The zero-order valence-corrected chi connectivity index (χ0v) is 17.4. The monoisotopic (exact) mass is 443 g/mol. The van der Waals surface area contributed by atoms with E-state index in [0.29, 0.717) is 46.4 Å². The number of anilines is 2. The van der Waals surface area contributed by atoms with Crippen LogP contribution in [0.3, 0.4) is 0 Å². The average Bonchev–Trinajstić information content (AvgIpc) is 3.47. The molecule has 0 saturated carbocycles. The van der Waals surface area contributed by atoms with Crippen molar-refractivity contribution in [1.29, 1.82) is 0 Å². The van der Waals surface area contributed by atoms with Crippen molar-refractivity contribution in [3.8, 4) is 0 Å². The summed E-state index contributed by atoms with van der Waals surface area (Å²) in [5.41, 5.74) is 1.34. The van der Waals surface area contributed by atoms with Gasteiger partial charge >= 0.3 is 0 Å². The summed E-state index contributed by atoms with van der Waals surface area (Å²) in [6, 6.07) is 7.45. The molecule has 0 aliphatic carbocycles. The van der Waals surface area contributed by atoms with Crippen LogP contribution in [0.25, 0.3) is 0 Å². The first-order valence-electron chi connectivity index (χ1n) is 9.65. The van der Waals surface area contributed by atoms with Gasteiger partial charge in [0.2, 0.25) is 0 Å². The molecule has 30 heavy (non-hydrogen) atoms. The van der Waals surface area contributed by atoms with E-state index in [0.717, 1.165) is 18.7 Å². The number of halogens is 2. The predicted molar refractivity (Wildman–Crippen MR) is 114 cm³/mol. The van der Waals surface area contributed by atoms with Crippen LogP contribution in [0, 0.1) is 0 Å². The number of hydrogen-bond donors (Lipinski definition) is 2. The lowest BCUT2D eigenvalue weighted by Crippen LogP contribution is -2.48. The van der Waals surface area contributed by atoms with E-state index in [4.69, 9.17) is 23.2 Å². The molecule has 1 amide bonds. The highest BCUT2D eigenvalue weighted by molar-refractivity contribution is 6.43. The zero-order chi connectivity index (χ0) is 20.7. The minimum Gasteiger partial charge on any atom is -0.333 e. The van der Waals surface area contributed by atoms with Crippen molar-refractivity contribution in [2.45, 2.75) is 25.0 Å². The Hall–Kier alpha value is -2.68. The molecule has 2 aromatic heterocycles. The maximum Gasteiger partial charge on any atom is 0.255 e. The van der Waals surface area contributed by atoms with Crippen LogP contribution in [0.5, 0.6) is 0 Å². The Morgan fingerprint density at radius 3 is 2.83 bits per heavy atom. The van der Waals surface area contributed by atoms with Gasteiger partial charge in [0, 0.05) is 50.2 Å². The summed E-state index contributed by atoms with van der Waals surface area (Å²) in [6.45, 7) is 2.16. The second kappa shape index (κ2) is 7.86. The normalized spacial score (nSPS) is 20.7. The molecule has 0 radical (unpaired) electrons. The number of aromatic nitrogens is 4. The third kappa shape index (κ3) is 3.62. The van der Waals surface area contributed by atoms with Gasteiger partial charge in [-0.05, 0) is 18.6 Å². The average molecular weight is 444 g/mol. The lowest BCUT2D eigenvalue weighted by atomic mass is 10.1. The van der Waals surface area contributed by atoms with E-state index in [1.54, 1.807) is 36.8 Å². The van der Waals surface area contributed by atoms with E-state index in [2.05, 4.69) is 30.4 Å². The molecule has 2 fully saturated rings. The number of carbonyl (C=O) groups excluding carboxylic acids is 1. The molecule has 2 aliphatic rings. The Bertz CT molecular complexity index is 1070. The van der Waals surface area contributed by atoms with E-state index < -0.39 is 0 Å². The van der Waals surface area contributed by atoms with Gasteiger partial charge in [0.05, 0.1) is 27.5 Å². The smallest absolute Gasteiger partial charge is 0.255 e. The predicted octanol–water partition coefficient (Wildman–Crippen LogP) is 3.35. The molecule has 154 valence electrons. The van der Waals surface area contributed by atoms with Crippen molar-refractivity contribution >= 4 is 40.7 Å². The van der Waals surface area contributed by atoms with Gasteiger partial charge in [0.15, 0.2) is 5.82 Å². The van der Waals surface area contributed by atoms with E-state index in [-0.39, 0.29) is 11.9 Å². The molecule has 5 rings (SSSR count). The van der Waals surface area contributed by atoms with Crippen molar-refractivity contribution < 1.29 is 4.79 Å². The number of fused-ring (bicyclic) bond motifs is 2. The molecule has 3 aromatic rings. The summed E-state index contributed by atoms with van der Waals surface area (Å²) in [5.74, 6) is 1.28. The lowest BCUT2D eigenvalue weighted by Gasteiger charge is -2.34. The van der Waals surface area contributed by atoms with Gasteiger partial charge in [-0.1, -0.05) is 29.3 Å². The maximum atomic E-state index is 13.0. The fourth-order valence-corrected chi connectivity index (χ4v) is 4.61. The number of H-pyrrole nitrogens is 1. The maximum absolute atomic E-state index is 13.0. The number of benzene rings is 1.